The fraction of sp³-hybridized carbons (Fsp3) is 0.158. The van der Waals surface area contributed by atoms with Crippen molar-refractivity contribution >= 4 is 5.91 Å². The summed E-state index contributed by atoms with van der Waals surface area (Å²) in [6.07, 6.45) is -5.01. The molecule has 0 aliphatic carbocycles. The zero-order valence-corrected chi connectivity index (χ0v) is 15.2. The van der Waals surface area contributed by atoms with Gasteiger partial charge in [-0.1, -0.05) is 29.5 Å². The highest BCUT2D eigenvalue weighted by Crippen LogP contribution is 2.33. The lowest BCUT2D eigenvalue weighted by Crippen LogP contribution is -2.27. The number of amides is 1. The molecule has 3 aromatic rings. The molecule has 0 saturated heterocycles. The predicted molar refractivity (Wildman–Crippen MR) is 95.0 cm³/mol. The molecule has 11 heteroatoms. The van der Waals surface area contributed by atoms with Crippen LogP contribution in [0.15, 0.2) is 48.5 Å². The number of nitrogens with one attached hydrogen (secondary N) is 1. The number of hydrogen-bond donors (Lipinski definition) is 1. The molecular weight excluding hydrogens is 406 g/mol. The normalized spacial score (nSPS) is 11.0. The number of aromatic nitrogens is 3. The van der Waals surface area contributed by atoms with E-state index in [4.69, 9.17) is 10.00 Å². The molecule has 7 nitrogen and oxygen atoms in total. The maximum Gasteiger partial charge on any atom is 0.435 e. The van der Waals surface area contributed by atoms with Crippen molar-refractivity contribution in [2.75, 3.05) is 6.61 Å². The largest absolute Gasteiger partial charge is 0.479 e. The first-order chi connectivity index (χ1) is 14.3. The molecule has 1 N–H and O–H groups in total. The second-order valence-electron chi connectivity index (χ2n) is 5.92. The van der Waals surface area contributed by atoms with Gasteiger partial charge in [-0.05, 0) is 29.8 Å². The number of rotatable bonds is 6. The lowest BCUT2D eigenvalue weighted by molar-refractivity contribution is -0.143. The first kappa shape index (κ1) is 20.8. The highest BCUT2D eigenvalue weighted by Gasteiger charge is 2.42. The monoisotopic (exact) mass is 419 g/mol. The van der Waals surface area contributed by atoms with Crippen molar-refractivity contribution in [1.82, 2.24) is 20.3 Å². The Morgan fingerprint density at radius 3 is 2.67 bits per heavy atom. The van der Waals surface area contributed by atoms with Crippen LogP contribution in [0.1, 0.15) is 21.7 Å². The molecule has 0 spiro atoms. The number of halogens is 4. The summed E-state index contributed by atoms with van der Waals surface area (Å²) >= 11 is 0. The minimum absolute atomic E-state index is 0.132. The van der Waals surface area contributed by atoms with E-state index in [2.05, 4.69) is 15.6 Å². The molecule has 154 valence electrons. The van der Waals surface area contributed by atoms with Crippen molar-refractivity contribution in [2.24, 2.45) is 0 Å². The summed E-state index contributed by atoms with van der Waals surface area (Å²) in [5, 5.41) is 17.5. The molecule has 0 fully saturated rings. The minimum atomic E-state index is -5.01. The Morgan fingerprint density at radius 2 is 1.97 bits per heavy atom. The van der Waals surface area contributed by atoms with Crippen LogP contribution in [0.4, 0.5) is 17.6 Å². The quantitative estimate of drug-likeness (QED) is 0.619. The van der Waals surface area contributed by atoms with Gasteiger partial charge in [0.15, 0.2) is 18.0 Å². The minimum Gasteiger partial charge on any atom is -0.479 e. The SMILES string of the molecule is N#CCOc1cccc(CNC(=O)c2nnn(-c3ccccc3F)c2C(F)(F)F)c1. The zero-order valence-electron chi connectivity index (χ0n) is 15.2. The predicted octanol–water partition coefficient (Wildman–Crippen LogP) is 3.26. The van der Waals surface area contributed by atoms with E-state index in [0.29, 0.717) is 11.3 Å². The molecule has 1 heterocycles. The number of hydrogen-bond acceptors (Lipinski definition) is 5. The Morgan fingerprint density at radius 1 is 1.20 bits per heavy atom. The summed E-state index contributed by atoms with van der Waals surface area (Å²) in [5.41, 5.74) is -2.44. The molecule has 3 rings (SSSR count). The van der Waals surface area contributed by atoms with Crippen molar-refractivity contribution in [3.63, 3.8) is 0 Å². The van der Waals surface area contributed by atoms with E-state index in [1.54, 1.807) is 24.3 Å². The number of carbonyl (C=O) groups excluding carboxylic acids is 1. The highest BCUT2D eigenvalue weighted by atomic mass is 19.4. The molecule has 0 aliphatic rings. The Hall–Kier alpha value is -3.94. The Balaban J connectivity index is 1.85. The van der Waals surface area contributed by atoms with Crippen molar-refractivity contribution in [1.29, 1.82) is 5.26 Å². The molecule has 0 saturated carbocycles. The summed E-state index contributed by atoms with van der Waals surface area (Å²) in [6.45, 7) is -0.309. The number of nitriles is 1. The molecule has 30 heavy (non-hydrogen) atoms. The van der Waals surface area contributed by atoms with E-state index >= 15 is 0 Å². The van der Waals surface area contributed by atoms with Gasteiger partial charge in [-0.25, -0.2) is 9.07 Å². The fourth-order valence-electron chi connectivity index (χ4n) is 2.61. The van der Waals surface area contributed by atoms with Crippen LogP contribution >= 0.6 is 0 Å². The lowest BCUT2D eigenvalue weighted by atomic mass is 10.2. The van der Waals surface area contributed by atoms with E-state index < -0.39 is 35.0 Å². The smallest absolute Gasteiger partial charge is 0.435 e. The van der Waals surface area contributed by atoms with E-state index in [0.717, 1.165) is 12.1 Å². The third-order valence-corrected chi connectivity index (χ3v) is 3.89. The van der Waals surface area contributed by atoms with E-state index in [9.17, 15) is 22.4 Å². The van der Waals surface area contributed by atoms with Crippen LogP contribution in [0.25, 0.3) is 5.69 Å². The van der Waals surface area contributed by atoms with Crippen molar-refractivity contribution < 1.29 is 27.1 Å². The van der Waals surface area contributed by atoms with E-state index in [-0.39, 0.29) is 17.8 Å². The number of benzene rings is 2. The van der Waals surface area contributed by atoms with Crippen LogP contribution < -0.4 is 10.1 Å². The second kappa shape index (κ2) is 8.60. The summed E-state index contributed by atoms with van der Waals surface area (Å²) in [4.78, 5) is 12.4. The molecule has 0 atom stereocenters. The standard InChI is InChI=1S/C19H13F4N5O2/c20-14-6-1-2-7-15(14)28-17(19(21,22)23)16(26-27-28)18(29)25-11-12-4-3-5-13(10-12)30-9-8-24/h1-7,10H,9,11H2,(H,25,29). The Kier molecular flexibility index (Phi) is 5.96. The van der Waals surface area contributed by atoms with Gasteiger partial charge in [0.05, 0.1) is 0 Å². The van der Waals surface area contributed by atoms with Crippen LogP contribution in [0.3, 0.4) is 0 Å². The maximum absolute atomic E-state index is 14.0. The topological polar surface area (TPSA) is 92.8 Å². The third kappa shape index (κ3) is 4.54. The van der Waals surface area contributed by atoms with Gasteiger partial charge >= 0.3 is 6.18 Å². The van der Waals surface area contributed by atoms with Crippen LogP contribution in [-0.2, 0) is 12.7 Å². The van der Waals surface area contributed by atoms with Crippen LogP contribution in [0.2, 0.25) is 0 Å². The van der Waals surface area contributed by atoms with Crippen molar-refractivity contribution in [2.45, 2.75) is 12.7 Å². The van der Waals surface area contributed by atoms with Crippen LogP contribution in [0, 0.1) is 17.1 Å². The number of carbonyl (C=O) groups is 1. The molecule has 0 bridgehead atoms. The van der Waals surface area contributed by atoms with Gasteiger partial charge in [-0.3, -0.25) is 4.79 Å². The number of nitrogens with zero attached hydrogens (tertiary/aromatic N) is 4. The van der Waals surface area contributed by atoms with Crippen LogP contribution in [0.5, 0.6) is 5.75 Å². The number of para-hydroxylation sites is 1. The maximum atomic E-state index is 14.0. The van der Waals surface area contributed by atoms with Gasteiger partial charge in [0, 0.05) is 6.54 Å². The average Bonchev–Trinajstić information content (AvgIpc) is 3.17. The van der Waals surface area contributed by atoms with Crippen LogP contribution in [-0.4, -0.2) is 27.5 Å². The van der Waals surface area contributed by atoms with Crippen molar-refractivity contribution in [3.05, 3.63) is 71.3 Å². The average molecular weight is 419 g/mol. The van der Waals surface area contributed by atoms with Gasteiger partial charge in [0.25, 0.3) is 5.91 Å². The molecule has 1 amide bonds. The molecule has 1 aromatic heterocycles. The van der Waals surface area contributed by atoms with Gasteiger partial charge in [-0.15, -0.1) is 5.10 Å². The summed E-state index contributed by atoms with van der Waals surface area (Å²) in [5.74, 6) is -1.72. The summed E-state index contributed by atoms with van der Waals surface area (Å²) in [7, 11) is 0. The number of ether oxygens (including phenoxy) is 1. The highest BCUT2D eigenvalue weighted by molar-refractivity contribution is 5.93. The summed E-state index contributed by atoms with van der Waals surface area (Å²) in [6, 6.07) is 12.8. The van der Waals surface area contributed by atoms with Crippen molar-refractivity contribution in [3.8, 4) is 17.5 Å². The second-order valence-corrected chi connectivity index (χ2v) is 5.92. The Bertz CT molecular complexity index is 1100. The fourth-order valence-corrected chi connectivity index (χ4v) is 2.61. The van der Waals surface area contributed by atoms with Gasteiger partial charge in [-0.2, -0.15) is 18.4 Å². The van der Waals surface area contributed by atoms with Gasteiger partial charge < -0.3 is 10.1 Å². The first-order valence-corrected chi connectivity index (χ1v) is 8.46. The molecular formula is C19H13F4N5O2. The van der Waals surface area contributed by atoms with E-state index in [1.807, 2.05) is 0 Å². The molecule has 0 radical (unpaired) electrons. The molecule has 0 aliphatic heterocycles. The Labute approximate surface area is 167 Å². The zero-order chi connectivity index (χ0) is 21.7. The lowest BCUT2D eigenvalue weighted by Gasteiger charge is -2.12. The third-order valence-electron chi connectivity index (χ3n) is 3.89. The van der Waals surface area contributed by atoms with Gasteiger partial charge in [0.1, 0.15) is 23.3 Å². The number of alkyl halides is 3. The molecule has 0 unspecified atom stereocenters. The van der Waals surface area contributed by atoms with E-state index in [1.165, 1.54) is 18.2 Å². The summed E-state index contributed by atoms with van der Waals surface area (Å²) < 4.78 is 60.2. The first-order valence-electron chi connectivity index (χ1n) is 8.46. The van der Waals surface area contributed by atoms with Gasteiger partial charge in [0.2, 0.25) is 0 Å². The molecule has 2 aromatic carbocycles.